The van der Waals surface area contributed by atoms with E-state index in [9.17, 15) is 0 Å². The Morgan fingerprint density at radius 3 is 2.67 bits per heavy atom. The standard InChI is InChI=1S/C17H30N4/c1-14-8-6-9-16(12-14)15(2)13-20-17(18-3)19-10-7-11-21(4)5/h6,8-9,12,15H,7,10-11,13H2,1-5H3,(H2,18,19,20). The van der Waals surface area contributed by atoms with E-state index in [0.717, 1.165) is 32.0 Å². The van der Waals surface area contributed by atoms with Crippen LogP contribution in [0.25, 0.3) is 0 Å². The van der Waals surface area contributed by atoms with E-state index in [2.05, 4.69) is 72.7 Å². The van der Waals surface area contributed by atoms with Gasteiger partial charge in [0.1, 0.15) is 0 Å². The molecule has 1 aromatic rings. The summed E-state index contributed by atoms with van der Waals surface area (Å²) in [5, 5.41) is 6.76. The van der Waals surface area contributed by atoms with Crippen LogP contribution in [0.15, 0.2) is 29.3 Å². The molecule has 0 spiro atoms. The van der Waals surface area contributed by atoms with Crippen molar-refractivity contribution < 1.29 is 0 Å². The highest BCUT2D eigenvalue weighted by molar-refractivity contribution is 5.79. The topological polar surface area (TPSA) is 39.7 Å². The number of rotatable bonds is 7. The summed E-state index contributed by atoms with van der Waals surface area (Å²) in [7, 11) is 6.01. The maximum Gasteiger partial charge on any atom is 0.190 e. The first kappa shape index (κ1) is 17.5. The highest BCUT2D eigenvalue weighted by atomic mass is 15.2. The number of aryl methyl sites for hydroxylation is 1. The fourth-order valence-electron chi connectivity index (χ4n) is 2.17. The molecular formula is C17H30N4. The minimum Gasteiger partial charge on any atom is -0.356 e. The fraction of sp³-hybridized carbons (Fsp3) is 0.588. The molecule has 0 aliphatic carbocycles. The fourth-order valence-corrected chi connectivity index (χ4v) is 2.17. The third-order valence-corrected chi connectivity index (χ3v) is 3.49. The first-order chi connectivity index (χ1) is 10.0. The highest BCUT2D eigenvalue weighted by Gasteiger charge is 2.06. The minimum atomic E-state index is 0.463. The van der Waals surface area contributed by atoms with Crippen molar-refractivity contribution in [1.82, 2.24) is 15.5 Å². The van der Waals surface area contributed by atoms with Crippen LogP contribution in [0.3, 0.4) is 0 Å². The van der Waals surface area contributed by atoms with Crippen LogP contribution in [0, 0.1) is 6.92 Å². The van der Waals surface area contributed by atoms with Crippen LogP contribution < -0.4 is 10.6 Å². The lowest BCUT2D eigenvalue weighted by Crippen LogP contribution is -2.40. The lowest BCUT2D eigenvalue weighted by atomic mass is 9.99. The van der Waals surface area contributed by atoms with Crippen molar-refractivity contribution in [1.29, 1.82) is 0 Å². The molecule has 0 bridgehead atoms. The minimum absolute atomic E-state index is 0.463. The molecule has 0 heterocycles. The molecule has 0 saturated heterocycles. The average molecular weight is 290 g/mol. The van der Waals surface area contributed by atoms with E-state index in [0.29, 0.717) is 5.92 Å². The first-order valence-corrected chi connectivity index (χ1v) is 7.68. The molecule has 1 aromatic carbocycles. The van der Waals surface area contributed by atoms with Crippen LogP contribution in [-0.2, 0) is 0 Å². The highest BCUT2D eigenvalue weighted by Crippen LogP contribution is 2.15. The number of hydrogen-bond donors (Lipinski definition) is 2. The zero-order valence-electron chi connectivity index (χ0n) is 14.1. The van der Waals surface area contributed by atoms with E-state index >= 15 is 0 Å². The molecule has 4 nitrogen and oxygen atoms in total. The van der Waals surface area contributed by atoms with Gasteiger partial charge in [0.25, 0.3) is 0 Å². The second-order valence-electron chi connectivity index (χ2n) is 5.85. The van der Waals surface area contributed by atoms with Crippen molar-refractivity contribution in [2.75, 3.05) is 40.8 Å². The second kappa shape index (κ2) is 9.40. The molecule has 4 heteroatoms. The Morgan fingerprint density at radius 2 is 2.05 bits per heavy atom. The van der Waals surface area contributed by atoms with Gasteiger partial charge in [0.2, 0.25) is 0 Å². The average Bonchev–Trinajstić information content (AvgIpc) is 2.46. The molecule has 0 aliphatic rings. The summed E-state index contributed by atoms with van der Waals surface area (Å²) in [4.78, 5) is 6.46. The maximum absolute atomic E-state index is 4.27. The van der Waals surface area contributed by atoms with Crippen molar-refractivity contribution in [3.05, 3.63) is 35.4 Å². The number of nitrogens with one attached hydrogen (secondary N) is 2. The van der Waals surface area contributed by atoms with Gasteiger partial charge in [-0.2, -0.15) is 0 Å². The molecule has 1 atom stereocenters. The Hall–Kier alpha value is -1.55. The molecule has 1 unspecified atom stereocenters. The molecule has 0 saturated carbocycles. The van der Waals surface area contributed by atoms with Gasteiger partial charge in [-0.1, -0.05) is 36.8 Å². The normalized spacial score (nSPS) is 13.3. The van der Waals surface area contributed by atoms with E-state index in [1.807, 2.05) is 7.05 Å². The van der Waals surface area contributed by atoms with E-state index in [1.165, 1.54) is 11.1 Å². The molecule has 21 heavy (non-hydrogen) atoms. The Morgan fingerprint density at radius 1 is 1.29 bits per heavy atom. The van der Waals surface area contributed by atoms with E-state index in [-0.39, 0.29) is 0 Å². The number of guanidine groups is 1. The van der Waals surface area contributed by atoms with Crippen molar-refractivity contribution in [2.45, 2.75) is 26.2 Å². The van der Waals surface area contributed by atoms with Gasteiger partial charge in [0, 0.05) is 20.1 Å². The first-order valence-electron chi connectivity index (χ1n) is 7.68. The van der Waals surface area contributed by atoms with Gasteiger partial charge in [0.05, 0.1) is 0 Å². The number of hydrogen-bond acceptors (Lipinski definition) is 2. The molecular weight excluding hydrogens is 260 g/mol. The number of benzene rings is 1. The zero-order valence-corrected chi connectivity index (χ0v) is 14.1. The Bertz CT molecular complexity index is 440. The van der Waals surface area contributed by atoms with Crippen LogP contribution in [0.1, 0.15) is 30.4 Å². The SMILES string of the molecule is CN=C(NCCCN(C)C)NCC(C)c1cccc(C)c1. The largest absolute Gasteiger partial charge is 0.356 e. The van der Waals surface area contributed by atoms with Crippen molar-refractivity contribution in [3.8, 4) is 0 Å². The summed E-state index contributed by atoms with van der Waals surface area (Å²) in [6.45, 7) is 7.28. The summed E-state index contributed by atoms with van der Waals surface area (Å²) in [6.07, 6.45) is 1.11. The summed E-state index contributed by atoms with van der Waals surface area (Å²) < 4.78 is 0. The molecule has 2 N–H and O–H groups in total. The van der Waals surface area contributed by atoms with Gasteiger partial charge >= 0.3 is 0 Å². The van der Waals surface area contributed by atoms with Gasteiger partial charge in [-0.15, -0.1) is 0 Å². The summed E-state index contributed by atoms with van der Waals surface area (Å²) >= 11 is 0. The van der Waals surface area contributed by atoms with E-state index < -0.39 is 0 Å². The van der Waals surface area contributed by atoms with Crippen LogP contribution >= 0.6 is 0 Å². The third kappa shape index (κ3) is 7.14. The predicted molar refractivity (Wildman–Crippen MR) is 92.1 cm³/mol. The third-order valence-electron chi connectivity index (χ3n) is 3.49. The van der Waals surface area contributed by atoms with Crippen molar-refractivity contribution in [2.24, 2.45) is 4.99 Å². The van der Waals surface area contributed by atoms with Gasteiger partial charge in [-0.05, 0) is 45.5 Å². The van der Waals surface area contributed by atoms with E-state index in [1.54, 1.807) is 0 Å². The van der Waals surface area contributed by atoms with Gasteiger partial charge in [-0.3, -0.25) is 4.99 Å². The van der Waals surface area contributed by atoms with Gasteiger partial charge in [-0.25, -0.2) is 0 Å². The number of nitrogens with zero attached hydrogens (tertiary/aromatic N) is 2. The number of aliphatic imine (C=N–C) groups is 1. The summed E-state index contributed by atoms with van der Waals surface area (Å²) in [6, 6.07) is 8.69. The van der Waals surface area contributed by atoms with Crippen LogP contribution in [0.5, 0.6) is 0 Å². The van der Waals surface area contributed by atoms with Crippen molar-refractivity contribution in [3.63, 3.8) is 0 Å². The Labute approximate surface area is 129 Å². The predicted octanol–water partition coefficient (Wildman–Crippen LogP) is 2.22. The molecule has 0 radical (unpaired) electrons. The molecule has 0 amide bonds. The quantitative estimate of drug-likeness (QED) is 0.459. The maximum atomic E-state index is 4.27. The molecule has 1 rings (SSSR count). The summed E-state index contributed by atoms with van der Waals surface area (Å²) in [5.41, 5.74) is 2.68. The summed E-state index contributed by atoms with van der Waals surface area (Å²) in [5.74, 6) is 1.35. The molecule has 118 valence electrons. The van der Waals surface area contributed by atoms with Crippen LogP contribution in [0.2, 0.25) is 0 Å². The van der Waals surface area contributed by atoms with Crippen LogP contribution in [-0.4, -0.2) is 51.6 Å². The monoisotopic (exact) mass is 290 g/mol. The lowest BCUT2D eigenvalue weighted by Gasteiger charge is -2.17. The molecule has 0 fully saturated rings. The Balaban J connectivity index is 2.34. The molecule has 0 aromatic heterocycles. The van der Waals surface area contributed by atoms with Crippen LogP contribution in [0.4, 0.5) is 0 Å². The van der Waals surface area contributed by atoms with E-state index in [4.69, 9.17) is 0 Å². The van der Waals surface area contributed by atoms with Gasteiger partial charge < -0.3 is 15.5 Å². The zero-order chi connectivity index (χ0) is 15.7. The van der Waals surface area contributed by atoms with Crippen molar-refractivity contribution >= 4 is 5.96 Å². The van der Waals surface area contributed by atoms with Gasteiger partial charge in [0.15, 0.2) is 5.96 Å². The smallest absolute Gasteiger partial charge is 0.190 e. The molecule has 0 aliphatic heterocycles. The lowest BCUT2D eigenvalue weighted by molar-refractivity contribution is 0.399. The Kier molecular flexibility index (Phi) is 7.83. The second-order valence-corrected chi connectivity index (χ2v) is 5.85.